The molecule has 1 saturated heterocycles. The number of hydrogen-bond acceptors (Lipinski definition) is 2. The smallest absolute Gasteiger partial charge is 0.144 e. The van der Waals surface area contributed by atoms with Crippen molar-refractivity contribution in [2.45, 2.75) is 25.5 Å². The van der Waals surface area contributed by atoms with Crippen LogP contribution in [0.4, 0.5) is 0 Å². The van der Waals surface area contributed by atoms with E-state index in [-0.39, 0.29) is 4.75 Å². The largest absolute Gasteiger partial charge is 0.380 e. The van der Waals surface area contributed by atoms with Crippen LogP contribution in [0, 0.1) is 5.92 Å². The molecule has 0 aromatic heterocycles. The van der Waals surface area contributed by atoms with E-state index in [9.17, 15) is 4.21 Å². The van der Waals surface area contributed by atoms with E-state index < -0.39 is 11.0 Å². The molecular formula is C8H15NO2S. The van der Waals surface area contributed by atoms with Crippen molar-refractivity contribution < 1.29 is 8.95 Å². The van der Waals surface area contributed by atoms with Gasteiger partial charge in [0.2, 0.25) is 0 Å². The van der Waals surface area contributed by atoms with Crippen molar-refractivity contribution in [1.82, 2.24) is 0 Å². The van der Waals surface area contributed by atoms with Crippen molar-refractivity contribution in [2.75, 3.05) is 13.2 Å². The third-order valence-corrected chi connectivity index (χ3v) is 2.92. The third-order valence-electron chi connectivity index (χ3n) is 1.56. The quantitative estimate of drug-likeness (QED) is 0.611. The van der Waals surface area contributed by atoms with E-state index in [1.807, 2.05) is 20.8 Å². The average Bonchev–Trinajstić information content (AvgIpc) is 1.81. The Kier molecular flexibility index (Phi) is 3.01. The molecule has 12 heavy (non-hydrogen) atoms. The van der Waals surface area contributed by atoms with Crippen molar-refractivity contribution in [3.05, 3.63) is 0 Å². The standard InChI is InChI=1S/C8H15NO2S/c1-8(2,3)12(10)9-4-7-5-11-6-7/h4,7H,5-6H2,1-3H3/b9-4+/t12-/m1/s1. The lowest BCUT2D eigenvalue weighted by Crippen LogP contribution is -2.29. The predicted molar refractivity (Wildman–Crippen MR) is 50.7 cm³/mol. The molecule has 70 valence electrons. The fourth-order valence-electron chi connectivity index (χ4n) is 0.639. The van der Waals surface area contributed by atoms with Crippen LogP contribution < -0.4 is 0 Å². The van der Waals surface area contributed by atoms with Crippen molar-refractivity contribution in [1.29, 1.82) is 0 Å². The topological polar surface area (TPSA) is 38.7 Å². The molecule has 0 unspecified atom stereocenters. The normalized spacial score (nSPS) is 22.6. The average molecular weight is 189 g/mol. The van der Waals surface area contributed by atoms with Gasteiger partial charge in [-0.05, 0) is 20.8 Å². The van der Waals surface area contributed by atoms with E-state index in [0.29, 0.717) is 5.92 Å². The Balaban J connectivity index is 2.39. The van der Waals surface area contributed by atoms with Gasteiger partial charge in [0.05, 0.1) is 18.0 Å². The summed E-state index contributed by atoms with van der Waals surface area (Å²) in [5.74, 6) is 0.385. The van der Waals surface area contributed by atoms with Crippen LogP contribution in [0.2, 0.25) is 0 Å². The van der Waals surface area contributed by atoms with Crippen molar-refractivity contribution in [2.24, 2.45) is 10.3 Å². The molecule has 0 aromatic rings. The molecule has 4 heteroatoms. The van der Waals surface area contributed by atoms with Gasteiger partial charge in [0, 0.05) is 12.1 Å². The van der Waals surface area contributed by atoms with Crippen molar-refractivity contribution in [3.63, 3.8) is 0 Å². The molecule has 1 heterocycles. The zero-order chi connectivity index (χ0) is 9.19. The monoisotopic (exact) mass is 189 g/mol. The van der Waals surface area contributed by atoms with Crippen LogP contribution in [0.5, 0.6) is 0 Å². The number of ether oxygens (including phenoxy) is 1. The highest BCUT2D eigenvalue weighted by atomic mass is 32.2. The Morgan fingerprint density at radius 2 is 2.08 bits per heavy atom. The minimum Gasteiger partial charge on any atom is -0.380 e. The Morgan fingerprint density at radius 1 is 1.50 bits per heavy atom. The van der Waals surface area contributed by atoms with E-state index >= 15 is 0 Å². The first kappa shape index (κ1) is 9.86. The summed E-state index contributed by atoms with van der Waals surface area (Å²) in [4.78, 5) is 0. The van der Waals surface area contributed by atoms with E-state index in [0.717, 1.165) is 13.2 Å². The Bertz CT molecular complexity index is 204. The summed E-state index contributed by atoms with van der Waals surface area (Å²) in [5, 5.41) is 0. The van der Waals surface area contributed by atoms with E-state index in [1.54, 1.807) is 6.21 Å². The van der Waals surface area contributed by atoms with Gasteiger partial charge in [-0.2, -0.15) is 4.40 Å². The second-order valence-corrected chi connectivity index (χ2v) is 5.85. The molecule has 0 bridgehead atoms. The van der Waals surface area contributed by atoms with Crippen molar-refractivity contribution in [3.8, 4) is 0 Å². The summed E-state index contributed by atoms with van der Waals surface area (Å²) in [6, 6.07) is 0. The highest BCUT2D eigenvalue weighted by Gasteiger charge is 2.20. The summed E-state index contributed by atoms with van der Waals surface area (Å²) in [6.45, 7) is 7.20. The minimum atomic E-state index is -1.11. The van der Waals surface area contributed by atoms with Gasteiger partial charge >= 0.3 is 0 Å². The zero-order valence-electron chi connectivity index (χ0n) is 7.74. The van der Waals surface area contributed by atoms with Crippen LogP contribution in [-0.4, -0.2) is 28.4 Å². The molecule has 0 spiro atoms. The maximum atomic E-state index is 11.4. The van der Waals surface area contributed by atoms with Gasteiger partial charge in [-0.15, -0.1) is 0 Å². The van der Waals surface area contributed by atoms with Crippen LogP contribution in [0.3, 0.4) is 0 Å². The Hall–Kier alpha value is -0.220. The Morgan fingerprint density at radius 3 is 2.42 bits per heavy atom. The molecule has 0 aliphatic carbocycles. The van der Waals surface area contributed by atoms with Gasteiger partial charge in [-0.3, -0.25) is 0 Å². The second kappa shape index (κ2) is 3.66. The van der Waals surface area contributed by atoms with Crippen LogP contribution in [0.15, 0.2) is 4.40 Å². The first-order chi connectivity index (χ1) is 5.50. The molecule has 3 nitrogen and oxygen atoms in total. The van der Waals surface area contributed by atoms with Crippen LogP contribution in [0.1, 0.15) is 20.8 Å². The maximum Gasteiger partial charge on any atom is 0.144 e. The lowest BCUT2D eigenvalue weighted by Gasteiger charge is -2.22. The first-order valence-electron chi connectivity index (χ1n) is 4.04. The lowest BCUT2D eigenvalue weighted by molar-refractivity contribution is 0.00421. The number of rotatable bonds is 2. The fraction of sp³-hybridized carbons (Fsp3) is 0.875. The SMILES string of the molecule is CC(C)(C)[S@@](=O)/N=C/C1COC1. The molecule has 1 aliphatic heterocycles. The van der Waals surface area contributed by atoms with Gasteiger partial charge in [-0.1, -0.05) is 0 Å². The zero-order valence-corrected chi connectivity index (χ0v) is 8.56. The molecule has 0 amide bonds. The maximum absolute atomic E-state index is 11.4. The van der Waals surface area contributed by atoms with E-state index in [4.69, 9.17) is 4.74 Å². The molecule has 1 aliphatic rings. The highest BCUT2D eigenvalue weighted by molar-refractivity contribution is 7.85. The Labute approximate surface area is 75.8 Å². The lowest BCUT2D eigenvalue weighted by atomic mass is 10.1. The minimum absolute atomic E-state index is 0.249. The molecule has 1 atom stereocenters. The fourth-order valence-corrected chi connectivity index (χ4v) is 1.24. The van der Waals surface area contributed by atoms with Gasteiger partial charge in [0.25, 0.3) is 0 Å². The summed E-state index contributed by atoms with van der Waals surface area (Å²) < 4.78 is 20.1. The van der Waals surface area contributed by atoms with E-state index in [2.05, 4.69) is 4.40 Å². The second-order valence-electron chi connectivity index (χ2n) is 3.91. The molecule has 0 saturated carbocycles. The van der Waals surface area contributed by atoms with Gasteiger partial charge < -0.3 is 4.74 Å². The van der Waals surface area contributed by atoms with Gasteiger partial charge in [-0.25, -0.2) is 4.21 Å². The molecule has 1 fully saturated rings. The van der Waals surface area contributed by atoms with Crippen molar-refractivity contribution >= 4 is 17.2 Å². The summed E-state index contributed by atoms with van der Waals surface area (Å²) >= 11 is 0. The van der Waals surface area contributed by atoms with Crippen LogP contribution in [-0.2, 0) is 15.7 Å². The molecule has 1 rings (SSSR count). The molecule has 0 N–H and O–H groups in total. The van der Waals surface area contributed by atoms with Gasteiger partial charge in [0.1, 0.15) is 11.0 Å². The predicted octanol–water partition coefficient (Wildman–Crippen LogP) is 1.17. The molecule has 0 radical (unpaired) electrons. The molecular weight excluding hydrogens is 174 g/mol. The summed E-state index contributed by atoms with van der Waals surface area (Å²) in [5.41, 5.74) is 0. The third kappa shape index (κ3) is 2.68. The van der Waals surface area contributed by atoms with Crippen LogP contribution >= 0.6 is 0 Å². The first-order valence-corrected chi connectivity index (χ1v) is 5.15. The van der Waals surface area contributed by atoms with Crippen LogP contribution in [0.25, 0.3) is 0 Å². The summed E-state index contributed by atoms with van der Waals surface area (Å²) in [6.07, 6.45) is 1.75. The van der Waals surface area contributed by atoms with Gasteiger partial charge in [0.15, 0.2) is 0 Å². The number of nitrogens with zero attached hydrogens (tertiary/aromatic N) is 1. The highest BCUT2D eigenvalue weighted by Crippen LogP contribution is 2.13. The molecule has 0 aromatic carbocycles. The number of hydrogen-bond donors (Lipinski definition) is 0. The summed E-state index contributed by atoms with van der Waals surface area (Å²) in [7, 11) is -1.11. The van der Waals surface area contributed by atoms with E-state index in [1.165, 1.54) is 0 Å².